The Hall–Kier alpha value is -0.980. The quantitative estimate of drug-likeness (QED) is 0.886. The summed E-state index contributed by atoms with van der Waals surface area (Å²) < 4.78 is 40.8. The van der Waals surface area contributed by atoms with Crippen LogP contribution < -0.4 is 10.0 Å². The molecule has 0 aromatic heterocycles. The smallest absolute Gasteiger partial charge is 0.243 e. The lowest BCUT2D eigenvalue weighted by Crippen LogP contribution is -2.51. The van der Waals surface area contributed by atoms with E-state index in [9.17, 15) is 12.8 Å². The molecule has 4 nitrogen and oxygen atoms in total. The number of nitrogens with one attached hydrogen (secondary N) is 2. The van der Waals surface area contributed by atoms with Crippen molar-refractivity contribution in [1.29, 1.82) is 0 Å². The normalized spacial score (nSPS) is 24.4. The molecule has 19 heavy (non-hydrogen) atoms. The second-order valence-electron chi connectivity index (χ2n) is 5.05. The van der Waals surface area contributed by atoms with Gasteiger partial charge in [-0.15, -0.1) is 0 Å². The third kappa shape index (κ3) is 3.32. The molecule has 2 atom stereocenters. The minimum atomic E-state index is -3.81. The van der Waals surface area contributed by atoms with Gasteiger partial charge in [-0.25, -0.2) is 17.5 Å². The van der Waals surface area contributed by atoms with E-state index in [4.69, 9.17) is 0 Å². The number of rotatable bonds is 3. The van der Waals surface area contributed by atoms with Gasteiger partial charge in [0.25, 0.3) is 0 Å². The molecule has 0 aliphatic carbocycles. The zero-order valence-electron chi connectivity index (χ0n) is 11.1. The van der Waals surface area contributed by atoms with E-state index in [0.29, 0.717) is 0 Å². The maximum Gasteiger partial charge on any atom is 0.243 e. The van der Waals surface area contributed by atoms with Crippen molar-refractivity contribution < 1.29 is 12.8 Å². The predicted molar refractivity (Wildman–Crippen MR) is 71.9 cm³/mol. The molecule has 106 valence electrons. The number of sulfonamides is 1. The van der Waals surface area contributed by atoms with Gasteiger partial charge in [-0.2, -0.15) is 0 Å². The SMILES string of the molecule is Cc1ccc(F)c(S(=O)(=O)NC2CCCNC2C)c1. The van der Waals surface area contributed by atoms with E-state index in [2.05, 4.69) is 10.0 Å². The van der Waals surface area contributed by atoms with E-state index in [1.54, 1.807) is 13.0 Å². The monoisotopic (exact) mass is 286 g/mol. The van der Waals surface area contributed by atoms with Crippen molar-refractivity contribution in [3.05, 3.63) is 29.6 Å². The van der Waals surface area contributed by atoms with Crippen LogP contribution in [0.3, 0.4) is 0 Å². The van der Waals surface area contributed by atoms with Gasteiger partial charge in [-0.3, -0.25) is 0 Å². The largest absolute Gasteiger partial charge is 0.313 e. The van der Waals surface area contributed by atoms with Crippen LogP contribution in [0, 0.1) is 12.7 Å². The average Bonchev–Trinajstić information content (AvgIpc) is 2.35. The van der Waals surface area contributed by atoms with Gasteiger partial charge in [-0.1, -0.05) is 6.07 Å². The first-order chi connectivity index (χ1) is 8.90. The molecule has 0 spiro atoms. The van der Waals surface area contributed by atoms with Gasteiger partial charge >= 0.3 is 0 Å². The van der Waals surface area contributed by atoms with Gasteiger partial charge in [0.2, 0.25) is 10.0 Å². The Labute approximate surface area is 113 Å². The Morgan fingerprint density at radius 2 is 2.16 bits per heavy atom. The minimum absolute atomic E-state index is 0.0522. The fraction of sp³-hybridized carbons (Fsp3) is 0.538. The molecule has 0 bridgehead atoms. The molecular formula is C13H19FN2O2S. The van der Waals surface area contributed by atoms with E-state index in [0.717, 1.165) is 24.9 Å². The summed E-state index contributed by atoms with van der Waals surface area (Å²) in [6.45, 7) is 4.56. The Balaban J connectivity index is 2.24. The van der Waals surface area contributed by atoms with Crippen LogP contribution in [0.2, 0.25) is 0 Å². The molecule has 2 unspecified atom stereocenters. The summed E-state index contributed by atoms with van der Waals surface area (Å²) in [7, 11) is -3.81. The second kappa shape index (κ2) is 5.56. The molecule has 1 heterocycles. The lowest BCUT2D eigenvalue weighted by atomic mass is 10.0. The lowest BCUT2D eigenvalue weighted by molar-refractivity contribution is 0.348. The third-order valence-electron chi connectivity index (χ3n) is 3.44. The predicted octanol–water partition coefficient (Wildman–Crippen LogP) is 1.55. The Kier molecular flexibility index (Phi) is 4.23. The van der Waals surface area contributed by atoms with E-state index >= 15 is 0 Å². The first-order valence-electron chi connectivity index (χ1n) is 6.42. The summed E-state index contributed by atoms with van der Waals surface area (Å²) in [6.07, 6.45) is 1.68. The highest BCUT2D eigenvalue weighted by atomic mass is 32.2. The van der Waals surface area contributed by atoms with Crippen molar-refractivity contribution >= 4 is 10.0 Å². The highest BCUT2D eigenvalue weighted by Gasteiger charge is 2.28. The second-order valence-corrected chi connectivity index (χ2v) is 6.73. The molecule has 1 aromatic carbocycles. The standard InChI is InChI=1S/C13H19FN2O2S/c1-9-5-6-11(14)13(8-9)19(17,18)16-12-4-3-7-15-10(12)2/h5-6,8,10,12,15-16H,3-4,7H2,1-2H3. The van der Waals surface area contributed by atoms with Crippen molar-refractivity contribution in [3.63, 3.8) is 0 Å². The number of hydrogen-bond donors (Lipinski definition) is 2. The first kappa shape index (κ1) is 14.4. The Morgan fingerprint density at radius 1 is 1.42 bits per heavy atom. The summed E-state index contributed by atoms with van der Waals surface area (Å²) in [5.74, 6) is -0.713. The topological polar surface area (TPSA) is 58.2 Å². The number of piperidine rings is 1. The molecule has 0 radical (unpaired) electrons. The molecule has 1 aromatic rings. The summed E-state index contributed by atoms with van der Waals surface area (Å²) in [6, 6.07) is 3.96. The Bertz CT molecular complexity index is 560. The molecule has 1 aliphatic rings. The zero-order valence-corrected chi connectivity index (χ0v) is 11.9. The maximum absolute atomic E-state index is 13.7. The summed E-state index contributed by atoms with van der Waals surface area (Å²) in [5, 5.41) is 3.21. The van der Waals surface area contributed by atoms with Crippen molar-refractivity contribution in [3.8, 4) is 0 Å². The molecule has 0 amide bonds. The molecular weight excluding hydrogens is 267 g/mol. The molecule has 0 saturated carbocycles. The lowest BCUT2D eigenvalue weighted by Gasteiger charge is -2.30. The summed E-state index contributed by atoms with van der Waals surface area (Å²) in [4.78, 5) is -0.273. The molecule has 1 fully saturated rings. The number of aryl methyl sites for hydroxylation is 1. The van der Waals surface area contributed by atoms with Crippen molar-refractivity contribution in [1.82, 2.24) is 10.0 Å². The highest BCUT2D eigenvalue weighted by molar-refractivity contribution is 7.89. The van der Waals surface area contributed by atoms with Gasteiger partial charge in [0, 0.05) is 12.1 Å². The van der Waals surface area contributed by atoms with Crippen molar-refractivity contribution in [2.75, 3.05) is 6.54 Å². The molecule has 1 aliphatic heterocycles. The van der Waals surface area contributed by atoms with Gasteiger partial charge in [0.15, 0.2) is 0 Å². The fourth-order valence-electron chi connectivity index (χ4n) is 2.28. The zero-order chi connectivity index (χ0) is 14.0. The minimum Gasteiger partial charge on any atom is -0.313 e. The van der Waals surface area contributed by atoms with Crippen LogP contribution >= 0.6 is 0 Å². The van der Waals surface area contributed by atoms with Crippen LogP contribution in [0.15, 0.2) is 23.1 Å². The van der Waals surface area contributed by atoms with Crippen LogP contribution in [0.4, 0.5) is 4.39 Å². The summed E-state index contributed by atoms with van der Waals surface area (Å²) >= 11 is 0. The Morgan fingerprint density at radius 3 is 2.84 bits per heavy atom. The number of halogens is 1. The van der Waals surface area contributed by atoms with Gasteiger partial charge in [0.1, 0.15) is 10.7 Å². The highest BCUT2D eigenvalue weighted by Crippen LogP contribution is 2.18. The van der Waals surface area contributed by atoms with Crippen LogP contribution in [0.5, 0.6) is 0 Å². The molecule has 1 saturated heterocycles. The average molecular weight is 286 g/mol. The third-order valence-corrected chi connectivity index (χ3v) is 4.95. The van der Waals surface area contributed by atoms with Crippen LogP contribution in [-0.4, -0.2) is 27.0 Å². The van der Waals surface area contributed by atoms with Crippen molar-refractivity contribution in [2.24, 2.45) is 0 Å². The van der Waals surface area contributed by atoms with E-state index < -0.39 is 15.8 Å². The first-order valence-corrected chi connectivity index (χ1v) is 7.90. The van der Waals surface area contributed by atoms with Crippen LogP contribution in [0.25, 0.3) is 0 Å². The van der Waals surface area contributed by atoms with Gasteiger partial charge < -0.3 is 5.32 Å². The molecule has 6 heteroatoms. The van der Waals surface area contributed by atoms with Crippen LogP contribution in [-0.2, 0) is 10.0 Å². The molecule has 2 N–H and O–H groups in total. The van der Waals surface area contributed by atoms with E-state index in [1.807, 2.05) is 6.92 Å². The van der Waals surface area contributed by atoms with Gasteiger partial charge in [-0.05, 0) is 50.9 Å². The van der Waals surface area contributed by atoms with E-state index in [-0.39, 0.29) is 17.0 Å². The molecule has 2 rings (SSSR count). The van der Waals surface area contributed by atoms with Gasteiger partial charge in [0.05, 0.1) is 0 Å². The fourth-order valence-corrected chi connectivity index (χ4v) is 3.80. The van der Waals surface area contributed by atoms with E-state index in [1.165, 1.54) is 12.1 Å². The van der Waals surface area contributed by atoms with Crippen LogP contribution in [0.1, 0.15) is 25.3 Å². The number of hydrogen-bond acceptors (Lipinski definition) is 3. The summed E-state index contributed by atoms with van der Waals surface area (Å²) in [5.41, 5.74) is 0.719. The van der Waals surface area contributed by atoms with Crippen molar-refractivity contribution in [2.45, 2.75) is 43.7 Å². The number of benzene rings is 1. The maximum atomic E-state index is 13.7.